The fourth-order valence-electron chi connectivity index (χ4n) is 2.58. The topological polar surface area (TPSA) is 102 Å². The molecule has 1 heterocycles. The van der Waals surface area contributed by atoms with E-state index in [-0.39, 0.29) is 25.8 Å². The number of anilines is 1. The number of aliphatic hydroxyl groups excluding tert-OH is 1. The number of aliphatic hydroxyl groups is 1. The van der Waals surface area contributed by atoms with Crippen LogP contribution in [0.15, 0.2) is 66.9 Å². The van der Waals surface area contributed by atoms with Gasteiger partial charge in [0.15, 0.2) is 11.5 Å². The standard InChI is InChI=1S/C22H23N3O5/c1-28-20-13-16(7-9-19(20)29-12-11-26)14-24-22(27)25-21-10-8-18(15-23-21)30-17-5-3-2-4-6-17/h2-10,13,15,26H,11-12,14H2,1H3,(H2,23,24,25,27). The Morgan fingerprint density at radius 3 is 2.57 bits per heavy atom. The zero-order valence-corrected chi connectivity index (χ0v) is 16.5. The molecule has 0 aliphatic carbocycles. The van der Waals surface area contributed by atoms with Crippen molar-refractivity contribution < 1.29 is 24.1 Å². The number of aromatic nitrogens is 1. The molecule has 30 heavy (non-hydrogen) atoms. The molecule has 2 aromatic carbocycles. The van der Waals surface area contributed by atoms with E-state index in [1.165, 1.54) is 7.11 Å². The van der Waals surface area contributed by atoms with Crippen molar-refractivity contribution in [1.82, 2.24) is 10.3 Å². The van der Waals surface area contributed by atoms with Crippen molar-refractivity contribution in [2.24, 2.45) is 0 Å². The van der Waals surface area contributed by atoms with Crippen molar-refractivity contribution in [3.63, 3.8) is 0 Å². The van der Waals surface area contributed by atoms with Gasteiger partial charge in [-0.3, -0.25) is 5.32 Å². The lowest BCUT2D eigenvalue weighted by Gasteiger charge is -2.12. The van der Waals surface area contributed by atoms with Gasteiger partial charge in [-0.15, -0.1) is 0 Å². The van der Waals surface area contributed by atoms with Crippen LogP contribution in [0.1, 0.15) is 5.56 Å². The van der Waals surface area contributed by atoms with Crippen molar-refractivity contribution in [3.05, 3.63) is 72.4 Å². The Kier molecular flexibility index (Phi) is 7.45. The molecule has 3 aromatic rings. The summed E-state index contributed by atoms with van der Waals surface area (Å²) in [6.07, 6.45) is 1.54. The Hall–Kier alpha value is -3.78. The predicted octanol–water partition coefficient (Wildman–Crippen LogP) is 3.58. The van der Waals surface area contributed by atoms with Crippen molar-refractivity contribution >= 4 is 11.8 Å². The molecule has 156 valence electrons. The first-order valence-corrected chi connectivity index (χ1v) is 9.32. The number of pyridine rings is 1. The molecule has 0 atom stereocenters. The lowest BCUT2D eigenvalue weighted by molar-refractivity contribution is 0.196. The van der Waals surface area contributed by atoms with E-state index in [0.29, 0.717) is 28.8 Å². The first-order valence-electron chi connectivity index (χ1n) is 9.32. The van der Waals surface area contributed by atoms with Crippen molar-refractivity contribution in [2.75, 3.05) is 25.6 Å². The SMILES string of the molecule is COc1cc(CNC(=O)Nc2ccc(Oc3ccccc3)cn2)ccc1OCCO. The molecule has 1 aromatic heterocycles. The van der Waals surface area contributed by atoms with Gasteiger partial charge in [-0.25, -0.2) is 9.78 Å². The number of methoxy groups -OCH3 is 1. The van der Waals surface area contributed by atoms with Crippen molar-refractivity contribution in [3.8, 4) is 23.0 Å². The van der Waals surface area contributed by atoms with Crippen LogP contribution < -0.4 is 24.8 Å². The molecule has 0 fully saturated rings. The van der Waals surface area contributed by atoms with Crippen LogP contribution >= 0.6 is 0 Å². The molecule has 8 nitrogen and oxygen atoms in total. The van der Waals surface area contributed by atoms with Crippen LogP contribution in [-0.2, 0) is 6.54 Å². The normalized spacial score (nSPS) is 10.2. The minimum atomic E-state index is -0.390. The lowest BCUT2D eigenvalue weighted by atomic mass is 10.2. The van der Waals surface area contributed by atoms with E-state index >= 15 is 0 Å². The Balaban J connectivity index is 1.50. The number of carbonyl (C=O) groups is 1. The van der Waals surface area contributed by atoms with Gasteiger partial charge in [-0.2, -0.15) is 0 Å². The minimum absolute atomic E-state index is 0.0833. The number of hydrogen-bond acceptors (Lipinski definition) is 6. The molecule has 0 saturated carbocycles. The maximum atomic E-state index is 12.1. The summed E-state index contributed by atoms with van der Waals surface area (Å²) in [4.78, 5) is 16.3. The molecular formula is C22H23N3O5. The third-order valence-corrected chi connectivity index (χ3v) is 3.99. The fourth-order valence-corrected chi connectivity index (χ4v) is 2.58. The average Bonchev–Trinajstić information content (AvgIpc) is 2.78. The second-order valence-corrected chi connectivity index (χ2v) is 6.16. The summed E-state index contributed by atoms with van der Waals surface area (Å²) >= 11 is 0. The van der Waals surface area contributed by atoms with Crippen LogP contribution in [0.25, 0.3) is 0 Å². The summed E-state index contributed by atoms with van der Waals surface area (Å²) in [6, 6.07) is 17.7. The highest BCUT2D eigenvalue weighted by Gasteiger charge is 2.08. The number of nitrogens with zero attached hydrogens (tertiary/aromatic N) is 1. The van der Waals surface area contributed by atoms with E-state index in [1.54, 1.807) is 30.5 Å². The molecule has 0 aliphatic heterocycles. The molecule has 3 rings (SSSR count). The van der Waals surface area contributed by atoms with E-state index in [0.717, 1.165) is 5.56 Å². The lowest BCUT2D eigenvalue weighted by Crippen LogP contribution is -2.28. The van der Waals surface area contributed by atoms with Gasteiger partial charge in [0.1, 0.15) is 23.9 Å². The Morgan fingerprint density at radius 2 is 1.87 bits per heavy atom. The summed E-state index contributed by atoms with van der Waals surface area (Å²) in [5.41, 5.74) is 0.831. The second-order valence-electron chi connectivity index (χ2n) is 6.16. The molecule has 0 saturated heterocycles. The minimum Gasteiger partial charge on any atom is -0.493 e. The van der Waals surface area contributed by atoms with E-state index in [1.807, 2.05) is 36.4 Å². The summed E-state index contributed by atoms with van der Waals surface area (Å²) in [7, 11) is 1.53. The summed E-state index contributed by atoms with van der Waals surface area (Å²) < 4.78 is 16.3. The van der Waals surface area contributed by atoms with Gasteiger partial charge in [-0.1, -0.05) is 24.3 Å². The average molecular weight is 409 g/mol. The smallest absolute Gasteiger partial charge is 0.320 e. The second kappa shape index (κ2) is 10.7. The van der Waals surface area contributed by atoms with Gasteiger partial charge in [0, 0.05) is 6.54 Å². The van der Waals surface area contributed by atoms with Gasteiger partial charge in [0.05, 0.1) is 19.9 Å². The van der Waals surface area contributed by atoms with Crippen molar-refractivity contribution in [1.29, 1.82) is 0 Å². The predicted molar refractivity (Wildman–Crippen MR) is 112 cm³/mol. The number of para-hydroxylation sites is 1. The molecule has 0 unspecified atom stereocenters. The highest BCUT2D eigenvalue weighted by Crippen LogP contribution is 2.28. The maximum Gasteiger partial charge on any atom is 0.320 e. The monoisotopic (exact) mass is 409 g/mol. The zero-order valence-electron chi connectivity index (χ0n) is 16.5. The number of urea groups is 1. The van der Waals surface area contributed by atoms with Crippen LogP contribution in [0.2, 0.25) is 0 Å². The molecule has 0 radical (unpaired) electrons. The molecule has 0 aliphatic rings. The Morgan fingerprint density at radius 1 is 1.03 bits per heavy atom. The van der Waals surface area contributed by atoms with Gasteiger partial charge < -0.3 is 24.6 Å². The highest BCUT2D eigenvalue weighted by atomic mass is 16.5. The molecule has 2 amide bonds. The van der Waals surface area contributed by atoms with Crippen LogP contribution in [0.5, 0.6) is 23.0 Å². The summed E-state index contributed by atoms with van der Waals surface area (Å²) in [6.45, 7) is 0.385. The number of nitrogens with one attached hydrogen (secondary N) is 2. The molecular weight excluding hydrogens is 386 g/mol. The third-order valence-electron chi connectivity index (χ3n) is 3.99. The van der Waals surface area contributed by atoms with Crippen LogP contribution in [0.3, 0.4) is 0 Å². The number of carbonyl (C=O) groups excluding carboxylic acids is 1. The van der Waals surface area contributed by atoms with Gasteiger partial charge in [-0.05, 0) is 42.0 Å². The molecule has 0 spiro atoms. The number of benzene rings is 2. The van der Waals surface area contributed by atoms with Gasteiger partial charge >= 0.3 is 6.03 Å². The van der Waals surface area contributed by atoms with E-state index in [9.17, 15) is 4.79 Å². The maximum absolute atomic E-state index is 12.1. The fraction of sp³-hybridized carbons (Fsp3) is 0.182. The third kappa shape index (κ3) is 6.11. The van der Waals surface area contributed by atoms with Gasteiger partial charge in [0.25, 0.3) is 0 Å². The number of rotatable bonds is 9. The first kappa shape index (κ1) is 20.9. The molecule has 8 heteroatoms. The van der Waals surface area contributed by atoms with Crippen LogP contribution in [0.4, 0.5) is 10.6 Å². The van der Waals surface area contributed by atoms with Crippen LogP contribution in [0, 0.1) is 0 Å². The highest BCUT2D eigenvalue weighted by molar-refractivity contribution is 5.88. The van der Waals surface area contributed by atoms with Crippen LogP contribution in [-0.4, -0.2) is 36.4 Å². The van der Waals surface area contributed by atoms with E-state index in [4.69, 9.17) is 19.3 Å². The largest absolute Gasteiger partial charge is 0.493 e. The van der Waals surface area contributed by atoms with E-state index < -0.39 is 0 Å². The summed E-state index contributed by atoms with van der Waals surface area (Å²) in [5.74, 6) is 2.74. The Labute approximate surface area is 174 Å². The summed E-state index contributed by atoms with van der Waals surface area (Å²) in [5, 5.41) is 14.3. The quantitative estimate of drug-likeness (QED) is 0.499. The van der Waals surface area contributed by atoms with E-state index in [2.05, 4.69) is 15.6 Å². The van der Waals surface area contributed by atoms with Gasteiger partial charge in [0.2, 0.25) is 0 Å². The zero-order chi connectivity index (χ0) is 21.2. The molecule has 3 N–H and O–H groups in total. The number of hydrogen-bond donors (Lipinski definition) is 3. The number of ether oxygens (including phenoxy) is 3. The first-order chi connectivity index (χ1) is 14.7. The molecule has 0 bridgehead atoms. The number of amides is 2. The Bertz CT molecular complexity index is 949. The van der Waals surface area contributed by atoms with Crippen molar-refractivity contribution in [2.45, 2.75) is 6.54 Å².